The highest BCUT2D eigenvalue weighted by molar-refractivity contribution is 7.09. The zero-order chi connectivity index (χ0) is 11.5. The topological polar surface area (TPSA) is 50.9 Å². The van der Waals surface area contributed by atoms with E-state index in [-0.39, 0.29) is 0 Å². The molecule has 3 N–H and O–H groups in total. The number of hydrogen-bond acceptors (Lipinski definition) is 4. The number of rotatable bonds is 3. The second-order valence-electron chi connectivity index (χ2n) is 3.81. The van der Waals surface area contributed by atoms with Crippen molar-refractivity contribution >= 4 is 22.7 Å². The molecule has 1 aromatic carbocycles. The zero-order valence-electron chi connectivity index (χ0n) is 9.45. The Balaban J connectivity index is 2.04. The van der Waals surface area contributed by atoms with Gasteiger partial charge in [0, 0.05) is 22.4 Å². The molecule has 0 unspecified atom stereocenters. The lowest BCUT2D eigenvalue weighted by Gasteiger charge is -2.08. The van der Waals surface area contributed by atoms with Crippen molar-refractivity contribution in [2.24, 2.45) is 0 Å². The first-order chi connectivity index (χ1) is 7.65. The number of benzene rings is 1. The minimum atomic E-state index is 0.767. The van der Waals surface area contributed by atoms with E-state index >= 15 is 0 Å². The molecule has 0 spiro atoms. The second-order valence-corrected chi connectivity index (χ2v) is 4.75. The van der Waals surface area contributed by atoms with Crippen molar-refractivity contribution in [2.45, 2.75) is 20.4 Å². The molecule has 0 amide bonds. The van der Waals surface area contributed by atoms with Gasteiger partial charge in [-0.1, -0.05) is 0 Å². The van der Waals surface area contributed by atoms with Gasteiger partial charge in [0.1, 0.15) is 5.01 Å². The van der Waals surface area contributed by atoms with Crippen LogP contribution in [0.3, 0.4) is 0 Å². The van der Waals surface area contributed by atoms with E-state index in [4.69, 9.17) is 5.73 Å². The van der Waals surface area contributed by atoms with E-state index in [0.717, 1.165) is 34.2 Å². The van der Waals surface area contributed by atoms with Crippen LogP contribution < -0.4 is 11.1 Å². The molecule has 1 aromatic heterocycles. The highest BCUT2D eigenvalue weighted by atomic mass is 32.1. The lowest BCUT2D eigenvalue weighted by Crippen LogP contribution is -2.01. The summed E-state index contributed by atoms with van der Waals surface area (Å²) >= 11 is 1.68. The Morgan fingerprint density at radius 1 is 1.38 bits per heavy atom. The predicted octanol–water partition coefficient (Wildman–Crippen LogP) is 2.95. The number of aryl methyl sites for hydroxylation is 2. The van der Waals surface area contributed by atoms with Crippen LogP contribution in [0.25, 0.3) is 0 Å². The van der Waals surface area contributed by atoms with Crippen molar-refractivity contribution in [1.29, 1.82) is 0 Å². The van der Waals surface area contributed by atoms with Gasteiger partial charge in [-0.3, -0.25) is 0 Å². The number of nitrogen functional groups attached to an aromatic ring is 1. The summed E-state index contributed by atoms with van der Waals surface area (Å²) in [5, 5.41) is 6.53. The van der Waals surface area contributed by atoms with Crippen molar-refractivity contribution in [3.63, 3.8) is 0 Å². The summed E-state index contributed by atoms with van der Waals surface area (Å²) < 4.78 is 0. The predicted molar refractivity (Wildman–Crippen MR) is 69.8 cm³/mol. The smallest absolute Gasteiger partial charge is 0.112 e. The van der Waals surface area contributed by atoms with Crippen LogP contribution in [-0.4, -0.2) is 4.98 Å². The molecule has 84 valence electrons. The molecule has 2 rings (SSSR count). The molecule has 0 atom stereocenters. The van der Waals surface area contributed by atoms with Gasteiger partial charge >= 0.3 is 0 Å². The normalized spacial score (nSPS) is 10.4. The van der Waals surface area contributed by atoms with Crippen LogP contribution in [-0.2, 0) is 6.54 Å². The summed E-state index contributed by atoms with van der Waals surface area (Å²) in [5.41, 5.74) is 9.85. The van der Waals surface area contributed by atoms with Gasteiger partial charge in [0.25, 0.3) is 0 Å². The Hall–Kier alpha value is -1.55. The molecule has 1 heterocycles. The van der Waals surface area contributed by atoms with Crippen LogP contribution in [0.1, 0.15) is 16.3 Å². The van der Waals surface area contributed by atoms with Gasteiger partial charge in [-0.05, 0) is 37.6 Å². The van der Waals surface area contributed by atoms with Crippen LogP contribution in [0.5, 0.6) is 0 Å². The third-order valence-corrected chi connectivity index (χ3v) is 3.31. The Morgan fingerprint density at radius 3 is 2.81 bits per heavy atom. The second kappa shape index (κ2) is 4.53. The number of nitrogens with two attached hydrogens (primary N) is 1. The van der Waals surface area contributed by atoms with Crippen molar-refractivity contribution in [1.82, 2.24) is 4.98 Å². The van der Waals surface area contributed by atoms with Crippen LogP contribution in [0.2, 0.25) is 0 Å². The Morgan fingerprint density at radius 2 is 2.19 bits per heavy atom. The molecule has 16 heavy (non-hydrogen) atoms. The zero-order valence-corrected chi connectivity index (χ0v) is 10.3. The molecule has 0 radical (unpaired) electrons. The van der Waals surface area contributed by atoms with E-state index in [1.807, 2.05) is 32.0 Å². The van der Waals surface area contributed by atoms with Gasteiger partial charge in [0.2, 0.25) is 0 Å². The Bertz CT molecular complexity index is 491. The van der Waals surface area contributed by atoms with E-state index in [1.54, 1.807) is 11.3 Å². The third-order valence-electron chi connectivity index (χ3n) is 2.35. The van der Waals surface area contributed by atoms with Crippen LogP contribution >= 0.6 is 11.3 Å². The van der Waals surface area contributed by atoms with E-state index in [1.165, 1.54) is 0 Å². The van der Waals surface area contributed by atoms with Crippen molar-refractivity contribution in [2.75, 3.05) is 11.1 Å². The maximum Gasteiger partial charge on any atom is 0.112 e. The van der Waals surface area contributed by atoms with E-state index < -0.39 is 0 Å². The molecule has 0 bridgehead atoms. The van der Waals surface area contributed by atoms with Crippen LogP contribution in [0.15, 0.2) is 23.6 Å². The SMILES string of the molecule is Cc1csc(CNc2ccc(N)cc2C)n1. The van der Waals surface area contributed by atoms with Gasteiger partial charge in [-0.2, -0.15) is 0 Å². The first kappa shape index (κ1) is 11.0. The highest BCUT2D eigenvalue weighted by Crippen LogP contribution is 2.19. The van der Waals surface area contributed by atoms with Crippen molar-refractivity contribution < 1.29 is 0 Å². The van der Waals surface area contributed by atoms with Gasteiger partial charge < -0.3 is 11.1 Å². The van der Waals surface area contributed by atoms with E-state index in [0.29, 0.717) is 0 Å². The summed E-state index contributed by atoms with van der Waals surface area (Å²) in [6.07, 6.45) is 0. The third kappa shape index (κ3) is 2.52. The van der Waals surface area contributed by atoms with Crippen molar-refractivity contribution in [3.05, 3.63) is 39.8 Å². The molecular weight excluding hydrogens is 218 g/mol. The van der Waals surface area contributed by atoms with Crippen LogP contribution in [0.4, 0.5) is 11.4 Å². The molecule has 0 saturated carbocycles. The Labute approximate surface area is 99.3 Å². The number of nitrogens with one attached hydrogen (secondary N) is 1. The number of nitrogens with zero attached hydrogens (tertiary/aromatic N) is 1. The van der Waals surface area contributed by atoms with Crippen LogP contribution in [0, 0.1) is 13.8 Å². The highest BCUT2D eigenvalue weighted by Gasteiger charge is 2.01. The van der Waals surface area contributed by atoms with Gasteiger partial charge in [0.15, 0.2) is 0 Å². The number of aromatic nitrogens is 1. The summed E-state index contributed by atoms with van der Waals surface area (Å²) in [7, 11) is 0. The fraction of sp³-hybridized carbons (Fsp3) is 0.250. The molecule has 0 aliphatic heterocycles. The fourth-order valence-corrected chi connectivity index (χ4v) is 2.25. The summed E-state index contributed by atoms with van der Waals surface area (Å²) in [6, 6.07) is 5.88. The molecule has 0 fully saturated rings. The summed E-state index contributed by atoms with van der Waals surface area (Å²) in [4.78, 5) is 4.40. The molecular formula is C12H15N3S. The van der Waals surface area contributed by atoms with Crippen molar-refractivity contribution in [3.8, 4) is 0 Å². The Kier molecular flexibility index (Phi) is 3.10. The molecule has 4 heteroatoms. The molecule has 0 aliphatic rings. The van der Waals surface area contributed by atoms with Gasteiger partial charge in [-0.25, -0.2) is 4.98 Å². The largest absolute Gasteiger partial charge is 0.399 e. The van der Waals surface area contributed by atoms with E-state index in [9.17, 15) is 0 Å². The summed E-state index contributed by atoms with van der Waals surface area (Å²) in [5.74, 6) is 0. The number of hydrogen-bond donors (Lipinski definition) is 2. The summed E-state index contributed by atoms with van der Waals surface area (Å²) in [6.45, 7) is 4.82. The van der Waals surface area contributed by atoms with E-state index in [2.05, 4.69) is 15.7 Å². The molecule has 0 aliphatic carbocycles. The first-order valence-corrected chi connectivity index (χ1v) is 6.04. The first-order valence-electron chi connectivity index (χ1n) is 5.16. The number of thiazole rings is 1. The fourth-order valence-electron chi connectivity index (χ4n) is 1.54. The lowest BCUT2D eigenvalue weighted by atomic mass is 10.2. The number of anilines is 2. The monoisotopic (exact) mass is 233 g/mol. The maximum atomic E-state index is 5.70. The lowest BCUT2D eigenvalue weighted by molar-refractivity contribution is 1.07. The molecule has 0 saturated heterocycles. The minimum absolute atomic E-state index is 0.767. The average molecular weight is 233 g/mol. The standard InChI is InChI=1S/C12H15N3S/c1-8-5-10(13)3-4-11(8)14-6-12-15-9(2)7-16-12/h3-5,7,14H,6,13H2,1-2H3. The van der Waals surface area contributed by atoms with Gasteiger partial charge in [-0.15, -0.1) is 11.3 Å². The quantitative estimate of drug-likeness (QED) is 0.801. The average Bonchev–Trinajstić information content (AvgIpc) is 2.63. The molecule has 3 nitrogen and oxygen atoms in total. The minimum Gasteiger partial charge on any atom is -0.399 e. The van der Waals surface area contributed by atoms with Gasteiger partial charge in [0.05, 0.1) is 6.54 Å². The maximum absolute atomic E-state index is 5.70. The molecule has 2 aromatic rings.